The SMILES string of the molecule is CCN(CC)CC(=O)Nc1ccc(C(=O)Nc2nc(C)nc(-c3ccccn3)n2)cc1. The van der Waals surface area contributed by atoms with Crippen molar-refractivity contribution < 1.29 is 9.59 Å². The van der Waals surface area contributed by atoms with Crippen LogP contribution in [-0.4, -0.2) is 56.3 Å². The van der Waals surface area contributed by atoms with Gasteiger partial charge in [-0.05, 0) is 56.4 Å². The Morgan fingerprint density at radius 1 is 0.935 bits per heavy atom. The van der Waals surface area contributed by atoms with E-state index in [-0.39, 0.29) is 17.8 Å². The number of anilines is 2. The molecule has 0 aliphatic heterocycles. The third-order valence-electron chi connectivity index (χ3n) is 4.56. The number of carbonyl (C=O) groups excluding carboxylic acids is 2. The Morgan fingerprint density at radius 3 is 2.32 bits per heavy atom. The number of rotatable bonds is 8. The van der Waals surface area contributed by atoms with Crippen LogP contribution < -0.4 is 10.6 Å². The minimum atomic E-state index is -0.362. The van der Waals surface area contributed by atoms with E-state index in [1.807, 2.05) is 24.8 Å². The van der Waals surface area contributed by atoms with E-state index in [1.165, 1.54) is 0 Å². The molecule has 0 unspecified atom stereocenters. The van der Waals surface area contributed by atoms with Gasteiger partial charge in [0.15, 0.2) is 5.82 Å². The second-order valence-electron chi connectivity index (χ2n) is 6.79. The fourth-order valence-electron chi connectivity index (χ4n) is 2.88. The lowest BCUT2D eigenvalue weighted by molar-refractivity contribution is -0.117. The first-order chi connectivity index (χ1) is 15.0. The number of nitrogens with one attached hydrogen (secondary N) is 2. The first-order valence-electron chi connectivity index (χ1n) is 10.1. The second-order valence-corrected chi connectivity index (χ2v) is 6.79. The minimum Gasteiger partial charge on any atom is -0.325 e. The highest BCUT2D eigenvalue weighted by atomic mass is 16.2. The lowest BCUT2D eigenvalue weighted by atomic mass is 10.2. The summed E-state index contributed by atoms with van der Waals surface area (Å²) in [5, 5.41) is 5.53. The van der Waals surface area contributed by atoms with E-state index in [4.69, 9.17) is 0 Å². The van der Waals surface area contributed by atoms with Crippen LogP contribution >= 0.6 is 0 Å². The Kier molecular flexibility index (Phi) is 7.34. The molecule has 1 aromatic carbocycles. The summed E-state index contributed by atoms with van der Waals surface area (Å²) in [5.41, 5.74) is 1.63. The van der Waals surface area contributed by atoms with Gasteiger partial charge < -0.3 is 5.32 Å². The van der Waals surface area contributed by atoms with E-state index < -0.39 is 0 Å². The molecule has 2 N–H and O–H groups in total. The third kappa shape index (κ3) is 6.13. The van der Waals surface area contributed by atoms with Crippen LogP contribution in [0.15, 0.2) is 48.7 Å². The monoisotopic (exact) mass is 419 g/mol. The average Bonchev–Trinajstić information content (AvgIpc) is 2.78. The molecule has 0 spiro atoms. The van der Waals surface area contributed by atoms with Gasteiger partial charge in [-0.2, -0.15) is 9.97 Å². The molecule has 3 aromatic rings. The summed E-state index contributed by atoms with van der Waals surface area (Å²) in [4.78, 5) is 43.7. The summed E-state index contributed by atoms with van der Waals surface area (Å²) in [6.07, 6.45) is 1.65. The molecular formula is C22H25N7O2. The molecule has 0 fully saturated rings. The normalized spacial score (nSPS) is 10.7. The first-order valence-corrected chi connectivity index (χ1v) is 10.1. The van der Waals surface area contributed by atoms with Crippen LogP contribution in [0.4, 0.5) is 11.6 Å². The van der Waals surface area contributed by atoms with Crippen LogP contribution in [0.25, 0.3) is 11.5 Å². The smallest absolute Gasteiger partial charge is 0.258 e. The van der Waals surface area contributed by atoms with E-state index in [0.717, 1.165) is 13.1 Å². The van der Waals surface area contributed by atoms with Gasteiger partial charge in [-0.25, -0.2) is 4.98 Å². The summed E-state index contributed by atoms with van der Waals surface area (Å²) in [6, 6.07) is 12.1. The van der Waals surface area contributed by atoms with Gasteiger partial charge in [0.1, 0.15) is 11.5 Å². The zero-order valence-corrected chi connectivity index (χ0v) is 17.8. The highest BCUT2D eigenvalue weighted by Gasteiger charge is 2.12. The number of pyridine rings is 1. The van der Waals surface area contributed by atoms with Crippen LogP contribution in [0.2, 0.25) is 0 Å². The lowest BCUT2D eigenvalue weighted by Crippen LogP contribution is -2.32. The maximum atomic E-state index is 12.6. The summed E-state index contributed by atoms with van der Waals surface area (Å²) in [7, 11) is 0. The topological polar surface area (TPSA) is 113 Å². The van der Waals surface area contributed by atoms with Gasteiger partial charge in [-0.15, -0.1) is 0 Å². The number of hydrogen-bond acceptors (Lipinski definition) is 7. The van der Waals surface area contributed by atoms with Crippen molar-refractivity contribution in [1.29, 1.82) is 0 Å². The van der Waals surface area contributed by atoms with Crippen LogP contribution in [0, 0.1) is 6.92 Å². The minimum absolute atomic E-state index is 0.0939. The Balaban J connectivity index is 1.66. The van der Waals surface area contributed by atoms with Crippen LogP contribution in [-0.2, 0) is 4.79 Å². The van der Waals surface area contributed by atoms with Crippen molar-refractivity contribution >= 4 is 23.5 Å². The Hall–Kier alpha value is -3.72. The van der Waals surface area contributed by atoms with Crippen molar-refractivity contribution in [3.05, 3.63) is 60.0 Å². The molecule has 0 aliphatic carbocycles. The highest BCUT2D eigenvalue weighted by Crippen LogP contribution is 2.15. The molecule has 2 heterocycles. The maximum absolute atomic E-state index is 12.6. The molecule has 160 valence electrons. The highest BCUT2D eigenvalue weighted by molar-refractivity contribution is 6.03. The summed E-state index contributed by atoms with van der Waals surface area (Å²) < 4.78 is 0. The number of likely N-dealkylation sites (N-methyl/N-ethyl adjacent to an activating group) is 1. The molecule has 0 saturated heterocycles. The molecule has 31 heavy (non-hydrogen) atoms. The number of aromatic nitrogens is 4. The number of hydrogen-bond donors (Lipinski definition) is 2. The third-order valence-corrected chi connectivity index (χ3v) is 4.56. The van der Waals surface area contributed by atoms with Gasteiger partial charge in [-0.3, -0.25) is 24.8 Å². The van der Waals surface area contributed by atoms with Crippen LogP contribution in [0.5, 0.6) is 0 Å². The molecule has 3 rings (SSSR count). The number of aryl methyl sites for hydroxylation is 1. The zero-order chi connectivity index (χ0) is 22.2. The quantitative estimate of drug-likeness (QED) is 0.577. The van der Waals surface area contributed by atoms with Gasteiger partial charge in [-0.1, -0.05) is 19.9 Å². The number of amides is 2. The predicted octanol–water partition coefficient (Wildman–Crippen LogP) is 2.77. The fraction of sp³-hybridized carbons (Fsp3) is 0.273. The lowest BCUT2D eigenvalue weighted by Gasteiger charge is -2.17. The molecule has 0 atom stereocenters. The van der Waals surface area contributed by atoms with E-state index in [2.05, 4.69) is 30.6 Å². The van der Waals surface area contributed by atoms with Crippen molar-refractivity contribution in [1.82, 2.24) is 24.8 Å². The van der Waals surface area contributed by atoms with E-state index in [9.17, 15) is 9.59 Å². The average molecular weight is 419 g/mol. The van der Waals surface area contributed by atoms with Gasteiger partial charge in [0.2, 0.25) is 11.9 Å². The molecular weight excluding hydrogens is 394 g/mol. The molecule has 2 aromatic heterocycles. The molecule has 9 heteroatoms. The van der Waals surface area contributed by atoms with Crippen molar-refractivity contribution in [2.75, 3.05) is 30.3 Å². The van der Waals surface area contributed by atoms with Crippen molar-refractivity contribution in [3.8, 4) is 11.5 Å². The van der Waals surface area contributed by atoms with Gasteiger partial charge in [0.05, 0.1) is 6.54 Å². The molecule has 0 saturated carbocycles. The van der Waals surface area contributed by atoms with Gasteiger partial charge >= 0.3 is 0 Å². The standard InChI is InChI=1S/C22H25N7O2/c1-4-29(5-2)14-19(30)26-17-11-9-16(10-12-17)21(31)28-22-25-15(3)24-20(27-22)18-8-6-7-13-23-18/h6-13H,4-5,14H2,1-3H3,(H,26,30)(H,24,25,27,28,31). The molecule has 0 bridgehead atoms. The van der Waals surface area contributed by atoms with Crippen molar-refractivity contribution in [2.24, 2.45) is 0 Å². The van der Waals surface area contributed by atoms with E-state index in [1.54, 1.807) is 49.5 Å². The number of benzene rings is 1. The number of carbonyl (C=O) groups is 2. The predicted molar refractivity (Wildman–Crippen MR) is 119 cm³/mol. The van der Waals surface area contributed by atoms with Gasteiger partial charge in [0.25, 0.3) is 5.91 Å². The fourth-order valence-corrected chi connectivity index (χ4v) is 2.88. The molecule has 9 nitrogen and oxygen atoms in total. The summed E-state index contributed by atoms with van der Waals surface area (Å²) >= 11 is 0. The first kappa shape index (κ1) is 22.0. The Bertz CT molecular complexity index is 1040. The van der Waals surface area contributed by atoms with E-state index in [0.29, 0.717) is 35.1 Å². The molecule has 2 amide bonds. The van der Waals surface area contributed by atoms with Crippen molar-refractivity contribution in [3.63, 3.8) is 0 Å². The summed E-state index contributed by atoms with van der Waals surface area (Å²) in [5.74, 6) is 0.545. The van der Waals surface area contributed by atoms with E-state index >= 15 is 0 Å². The Labute approximate surface area is 181 Å². The maximum Gasteiger partial charge on any atom is 0.258 e. The summed E-state index contributed by atoms with van der Waals surface area (Å²) in [6.45, 7) is 7.68. The molecule has 0 aliphatic rings. The van der Waals surface area contributed by atoms with Gasteiger partial charge in [0, 0.05) is 17.4 Å². The zero-order valence-electron chi connectivity index (χ0n) is 17.8. The number of nitrogens with zero attached hydrogens (tertiary/aromatic N) is 5. The van der Waals surface area contributed by atoms with Crippen LogP contribution in [0.1, 0.15) is 30.0 Å². The van der Waals surface area contributed by atoms with Crippen molar-refractivity contribution in [2.45, 2.75) is 20.8 Å². The Morgan fingerprint density at radius 2 is 1.68 bits per heavy atom. The second kappa shape index (κ2) is 10.4. The van der Waals surface area contributed by atoms with Crippen LogP contribution in [0.3, 0.4) is 0 Å². The largest absolute Gasteiger partial charge is 0.325 e. The molecule has 0 radical (unpaired) electrons.